The van der Waals surface area contributed by atoms with Crippen LogP contribution in [0.1, 0.15) is 18.9 Å². The van der Waals surface area contributed by atoms with Crippen molar-refractivity contribution in [1.29, 1.82) is 0 Å². The fourth-order valence-electron chi connectivity index (χ4n) is 3.10. The summed E-state index contributed by atoms with van der Waals surface area (Å²) in [5, 5.41) is 2.92. The molecule has 1 atom stereocenters. The highest BCUT2D eigenvalue weighted by Crippen LogP contribution is 2.27. The minimum absolute atomic E-state index is 0.0382. The van der Waals surface area contributed by atoms with Crippen LogP contribution >= 0.6 is 0 Å². The van der Waals surface area contributed by atoms with E-state index >= 15 is 0 Å². The molecule has 3 rings (SSSR count). The second-order valence-electron chi connectivity index (χ2n) is 6.40. The van der Waals surface area contributed by atoms with Gasteiger partial charge in [-0.3, -0.25) is 9.59 Å². The fraction of sp³-hybridized carbons (Fsp3) is 0.333. The maximum Gasteiger partial charge on any atom is 0.227 e. The van der Waals surface area contributed by atoms with Crippen LogP contribution in [0.2, 0.25) is 0 Å². The van der Waals surface area contributed by atoms with Crippen molar-refractivity contribution in [2.75, 3.05) is 25.2 Å². The van der Waals surface area contributed by atoms with Gasteiger partial charge in [0.1, 0.15) is 11.5 Å². The zero-order valence-electron chi connectivity index (χ0n) is 15.6. The van der Waals surface area contributed by atoms with Gasteiger partial charge in [0.25, 0.3) is 0 Å². The van der Waals surface area contributed by atoms with E-state index in [9.17, 15) is 9.59 Å². The van der Waals surface area contributed by atoms with E-state index in [-0.39, 0.29) is 24.2 Å². The van der Waals surface area contributed by atoms with Crippen LogP contribution in [0.3, 0.4) is 0 Å². The Balaban J connectivity index is 1.56. The SMILES string of the molecule is CCOc1ccc(N2C[C@H](C(=O)NCc3ccc(OC)cc3)CC2=O)cc1. The number of rotatable bonds is 7. The first kappa shape index (κ1) is 18.8. The lowest BCUT2D eigenvalue weighted by molar-refractivity contribution is -0.126. The molecule has 6 nitrogen and oxygen atoms in total. The molecule has 1 saturated heterocycles. The van der Waals surface area contributed by atoms with Gasteiger partial charge in [0.15, 0.2) is 0 Å². The Kier molecular flexibility index (Phi) is 5.96. The predicted molar refractivity (Wildman–Crippen MR) is 103 cm³/mol. The summed E-state index contributed by atoms with van der Waals surface area (Å²) in [6.45, 7) is 3.34. The number of methoxy groups -OCH3 is 1. The van der Waals surface area contributed by atoms with Crippen molar-refractivity contribution in [3.05, 3.63) is 54.1 Å². The van der Waals surface area contributed by atoms with E-state index in [0.29, 0.717) is 19.7 Å². The quantitative estimate of drug-likeness (QED) is 0.816. The minimum Gasteiger partial charge on any atom is -0.497 e. The van der Waals surface area contributed by atoms with Gasteiger partial charge < -0.3 is 19.7 Å². The van der Waals surface area contributed by atoms with Crippen LogP contribution in [0.4, 0.5) is 5.69 Å². The number of amides is 2. The average Bonchev–Trinajstić information content (AvgIpc) is 3.09. The number of nitrogens with one attached hydrogen (secondary N) is 1. The zero-order valence-corrected chi connectivity index (χ0v) is 15.6. The third kappa shape index (κ3) is 4.58. The maximum absolute atomic E-state index is 12.5. The van der Waals surface area contributed by atoms with E-state index in [1.165, 1.54) is 0 Å². The lowest BCUT2D eigenvalue weighted by Crippen LogP contribution is -2.32. The number of nitrogens with zero attached hydrogens (tertiary/aromatic N) is 1. The van der Waals surface area contributed by atoms with Crippen LogP contribution in [0.25, 0.3) is 0 Å². The fourth-order valence-corrected chi connectivity index (χ4v) is 3.10. The molecule has 2 aromatic rings. The average molecular weight is 368 g/mol. The highest BCUT2D eigenvalue weighted by molar-refractivity contribution is 6.00. The van der Waals surface area contributed by atoms with E-state index in [2.05, 4.69) is 5.32 Å². The molecular formula is C21H24N2O4. The third-order valence-corrected chi connectivity index (χ3v) is 4.58. The van der Waals surface area contributed by atoms with Gasteiger partial charge >= 0.3 is 0 Å². The molecule has 0 saturated carbocycles. The third-order valence-electron chi connectivity index (χ3n) is 4.58. The van der Waals surface area contributed by atoms with Crippen molar-refractivity contribution in [1.82, 2.24) is 5.32 Å². The van der Waals surface area contributed by atoms with E-state index in [1.807, 2.05) is 55.5 Å². The van der Waals surface area contributed by atoms with Crippen molar-refractivity contribution in [2.24, 2.45) is 5.92 Å². The van der Waals surface area contributed by atoms with Crippen LogP contribution < -0.4 is 19.7 Å². The molecule has 6 heteroatoms. The number of ether oxygens (including phenoxy) is 2. The Labute approximate surface area is 159 Å². The normalized spacial score (nSPS) is 16.3. The second kappa shape index (κ2) is 8.58. The standard InChI is InChI=1S/C21H24N2O4/c1-3-27-19-10-6-17(7-11-19)23-14-16(12-20(23)24)21(25)22-13-15-4-8-18(26-2)9-5-15/h4-11,16H,3,12-14H2,1-2H3,(H,22,25)/t16-/m1/s1. The lowest BCUT2D eigenvalue weighted by Gasteiger charge is -2.17. The number of carbonyl (C=O) groups excluding carboxylic acids is 2. The molecule has 0 bridgehead atoms. The molecular weight excluding hydrogens is 344 g/mol. The Hall–Kier alpha value is -3.02. The highest BCUT2D eigenvalue weighted by Gasteiger charge is 2.34. The summed E-state index contributed by atoms with van der Waals surface area (Å²) >= 11 is 0. The van der Waals surface area contributed by atoms with E-state index in [0.717, 1.165) is 22.7 Å². The Morgan fingerprint density at radius 2 is 1.78 bits per heavy atom. The Morgan fingerprint density at radius 1 is 1.11 bits per heavy atom. The van der Waals surface area contributed by atoms with Gasteiger partial charge in [0.05, 0.1) is 19.6 Å². The summed E-state index contributed by atoms with van der Waals surface area (Å²) in [6, 6.07) is 14.9. The van der Waals surface area contributed by atoms with Gasteiger partial charge in [0, 0.05) is 25.2 Å². The molecule has 2 amide bonds. The first-order valence-electron chi connectivity index (χ1n) is 9.04. The summed E-state index contributed by atoms with van der Waals surface area (Å²) < 4.78 is 10.5. The molecule has 2 aromatic carbocycles. The zero-order chi connectivity index (χ0) is 19.2. The van der Waals surface area contributed by atoms with Crippen LogP contribution in [0.15, 0.2) is 48.5 Å². The first-order valence-corrected chi connectivity index (χ1v) is 9.04. The maximum atomic E-state index is 12.5. The molecule has 0 aliphatic carbocycles. The van der Waals surface area contributed by atoms with Gasteiger partial charge in [-0.05, 0) is 48.9 Å². The van der Waals surface area contributed by atoms with E-state index in [1.54, 1.807) is 12.0 Å². The summed E-state index contributed by atoms with van der Waals surface area (Å²) in [5.74, 6) is 1.05. The molecule has 142 valence electrons. The molecule has 1 fully saturated rings. The molecule has 1 aliphatic heterocycles. The highest BCUT2D eigenvalue weighted by atomic mass is 16.5. The lowest BCUT2D eigenvalue weighted by atomic mass is 10.1. The van der Waals surface area contributed by atoms with Crippen LogP contribution in [-0.4, -0.2) is 32.1 Å². The van der Waals surface area contributed by atoms with Crippen molar-refractivity contribution < 1.29 is 19.1 Å². The monoisotopic (exact) mass is 368 g/mol. The number of benzene rings is 2. The van der Waals surface area contributed by atoms with Gasteiger partial charge in [0.2, 0.25) is 11.8 Å². The van der Waals surface area contributed by atoms with Gasteiger partial charge in [-0.2, -0.15) is 0 Å². The molecule has 1 heterocycles. The van der Waals surface area contributed by atoms with E-state index < -0.39 is 0 Å². The number of hydrogen-bond donors (Lipinski definition) is 1. The van der Waals surface area contributed by atoms with Crippen LogP contribution in [0.5, 0.6) is 11.5 Å². The summed E-state index contributed by atoms with van der Waals surface area (Å²) in [4.78, 5) is 26.5. The van der Waals surface area contributed by atoms with Crippen LogP contribution in [-0.2, 0) is 16.1 Å². The minimum atomic E-state index is -0.345. The van der Waals surface area contributed by atoms with Gasteiger partial charge in [-0.25, -0.2) is 0 Å². The molecule has 0 aromatic heterocycles. The van der Waals surface area contributed by atoms with Crippen molar-refractivity contribution in [3.63, 3.8) is 0 Å². The molecule has 1 aliphatic rings. The largest absolute Gasteiger partial charge is 0.497 e. The van der Waals surface area contributed by atoms with Gasteiger partial charge in [-0.15, -0.1) is 0 Å². The summed E-state index contributed by atoms with van der Waals surface area (Å²) in [5.41, 5.74) is 1.77. The molecule has 0 unspecified atom stereocenters. The number of anilines is 1. The van der Waals surface area contributed by atoms with Crippen molar-refractivity contribution >= 4 is 17.5 Å². The Morgan fingerprint density at radius 3 is 2.41 bits per heavy atom. The summed E-state index contributed by atoms with van der Waals surface area (Å²) in [7, 11) is 1.62. The molecule has 0 radical (unpaired) electrons. The predicted octanol–water partition coefficient (Wildman–Crippen LogP) is 2.76. The van der Waals surface area contributed by atoms with Crippen molar-refractivity contribution in [3.8, 4) is 11.5 Å². The Bertz CT molecular complexity index is 787. The second-order valence-corrected chi connectivity index (χ2v) is 6.40. The molecule has 1 N–H and O–H groups in total. The number of carbonyl (C=O) groups is 2. The van der Waals surface area contributed by atoms with Crippen molar-refractivity contribution in [2.45, 2.75) is 19.9 Å². The topological polar surface area (TPSA) is 67.9 Å². The number of hydrogen-bond acceptors (Lipinski definition) is 4. The summed E-state index contributed by atoms with van der Waals surface area (Å²) in [6.07, 6.45) is 0.224. The molecule has 27 heavy (non-hydrogen) atoms. The smallest absolute Gasteiger partial charge is 0.227 e. The van der Waals surface area contributed by atoms with Crippen LogP contribution in [0, 0.1) is 5.92 Å². The van der Waals surface area contributed by atoms with Gasteiger partial charge in [-0.1, -0.05) is 12.1 Å². The first-order chi connectivity index (χ1) is 13.1. The van der Waals surface area contributed by atoms with E-state index in [4.69, 9.17) is 9.47 Å². The molecule has 0 spiro atoms.